The second-order valence-electron chi connectivity index (χ2n) is 6.19. The van der Waals surface area contributed by atoms with Crippen molar-refractivity contribution in [1.29, 1.82) is 0 Å². The quantitative estimate of drug-likeness (QED) is 0.490. The number of rotatable bonds is 1. The monoisotopic (exact) mass is 280 g/mol. The molecule has 19 heavy (non-hydrogen) atoms. The van der Waals surface area contributed by atoms with Crippen LogP contribution in [-0.2, 0) is 0 Å². The molecule has 108 valence electrons. The van der Waals surface area contributed by atoms with E-state index in [0.717, 1.165) is 6.42 Å². The Kier molecular flexibility index (Phi) is 7.06. The molecule has 2 aliphatic carbocycles. The second-order valence-corrected chi connectivity index (χ2v) is 6.64. The van der Waals surface area contributed by atoms with Crippen molar-refractivity contribution in [2.75, 3.05) is 0 Å². The maximum absolute atomic E-state index is 6.64. The number of halogens is 1. The first-order chi connectivity index (χ1) is 9.38. The lowest BCUT2D eigenvalue weighted by molar-refractivity contribution is 0.623. The van der Waals surface area contributed by atoms with Crippen molar-refractivity contribution in [3.63, 3.8) is 0 Å². The van der Waals surface area contributed by atoms with E-state index >= 15 is 0 Å². The standard InChI is InChI=1S/C18H29Cl/c19-18-15-11-7-3-6-10-14-17(18)16-12-8-4-1-2-5-9-13-16/h12H,1-11,13-15H2/b16-12-,18-17-. The van der Waals surface area contributed by atoms with E-state index in [2.05, 4.69) is 6.08 Å². The molecule has 0 aliphatic heterocycles. The first kappa shape index (κ1) is 15.2. The van der Waals surface area contributed by atoms with Gasteiger partial charge in [0, 0.05) is 5.03 Å². The van der Waals surface area contributed by atoms with Crippen LogP contribution >= 0.6 is 11.6 Å². The highest BCUT2D eigenvalue weighted by Crippen LogP contribution is 2.33. The van der Waals surface area contributed by atoms with E-state index in [0.29, 0.717) is 0 Å². The van der Waals surface area contributed by atoms with E-state index in [1.165, 1.54) is 94.1 Å². The molecule has 2 aliphatic rings. The first-order valence-corrected chi connectivity index (χ1v) is 8.82. The fraction of sp³-hybridized carbons (Fsp3) is 0.778. The molecule has 0 N–H and O–H groups in total. The first-order valence-electron chi connectivity index (χ1n) is 8.45. The van der Waals surface area contributed by atoms with E-state index < -0.39 is 0 Å². The van der Waals surface area contributed by atoms with Crippen LogP contribution in [0.5, 0.6) is 0 Å². The van der Waals surface area contributed by atoms with Crippen molar-refractivity contribution in [2.24, 2.45) is 0 Å². The summed E-state index contributed by atoms with van der Waals surface area (Å²) in [5, 5.41) is 1.19. The zero-order valence-corrected chi connectivity index (χ0v) is 13.1. The van der Waals surface area contributed by atoms with Gasteiger partial charge in [0.1, 0.15) is 0 Å². The molecule has 0 spiro atoms. The SMILES string of the molecule is Cl/C1=C(\C2=C/CCCCCCC2)CCCCCCC1. The van der Waals surface area contributed by atoms with Gasteiger partial charge in [0.25, 0.3) is 0 Å². The Hall–Kier alpha value is -0.230. The van der Waals surface area contributed by atoms with E-state index in [1.807, 2.05) is 0 Å². The second kappa shape index (κ2) is 8.84. The molecule has 0 aromatic rings. The van der Waals surface area contributed by atoms with Crippen molar-refractivity contribution in [3.05, 3.63) is 22.3 Å². The minimum atomic E-state index is 1.12. The maximum atomic E-state index is 6.64. The Balaban J connectivity index is 2.10. The molecule has 0 aromatic carbocycles. The van der Waals surface area contributed by atoms with Gasteiger partial charge in [-0.05, 0) is 62.5 Å². The van der Waals surface area contributed by atoms with Crippen LogP contribution in [0.4, 0.5) is 0 Å². The number of hydrogen-bond acceptors (Lipinski definition) is 0. The third kappa shape index (κ3) is 5.34. The Morgan fingerprint density at radius 1 is 0.632 bits per heavy atom. The average molecular weight is 281 g/mol. The van der Waals surface area contributed by atoms with Crippen molar-refractivity contribution >= 4 is 11.6 Å². The summed E-state index contributed by atoms with van der Waals surface area (Å²) in [6.07, 6.45) is 21.1. The van der Waals surface area contributed by atoms with Gasteiger partial charge in [-0.15, -0.1) is 0 Å². The summed E-state index contributed by atoms with van der Waals surface area (Å²) >= 11 is 6.64. The predicted molar refractivity (Wildman–Crippen MR) is 85.6 cm³/mol. The van der Waals surface area contributed by atoms with Gasteiger partial charge >= 0.3 is 0 Å². The van der Waals surface area contributed by atoms with Crippen LogP contribution in [-0.4, -0.2) is 0 Å². The molecule has 0 nitrogen and oxygen atoms in total. The molecule has 0 aromatic heterocycles. The van der Waals surface area contributed by atoms with Gasteiger partial charge in [-0.2, -0.15) is 0 Å². The molecular formula is C18H29Cl. The van der Waals surface area contributed by atoms with Gasteiger partial charge < -0.3 is 0 Å². The summed E-state index contributed by atoms with van der Waals surface area (Å²) in [6.45, 7) is 0. The molecule has 0 heterocycles. The topological polar surface area (TPSA) is 0 Å². The highest BCUT2D eigenvalue weighted by atomic mass is 35.5. The molecule has 1 heteroatoms. The van der Waals surface area contributed by atoms with Gasteiger partial charge in [0.05, 0.1) is 0 Å². The molecule has 0 atom stereocenters. The molecule has 0 amide bonds. The minimum absolute atomic E-state index is 1.12. The Labute approximate surface area is 124 Å². The van der Waals surface area contributed by atoms with Crippen LogP contribution < -0.4 is 0 Å². The molecule has 0 bridgehead atoms. The highest BCUT2D eigenvalue weighted by Gasteiger charge is 2.13. The Bertz CT molecular complexity index is 325. The summed E-state index contributed by atoms with van der Waals surface area (Å²) in [5.74, 6) is 0. The van der Waals surface area contributed by atoms with Crippen LogP contribution in [0.2, 0.25) is 0 Å². The van der Waals surface area contributed by atoms with Crippen LogP contribution in [0.3, 0.4) is 0 Å². The summed E-state index contributed by atoms with van der Waals surface area (Å²) in [5.41, 5.74) is 3.14. The molecule has 0 fully saturated rings. The van der Waals surface area contributed by atoms with E-state index in [-0.39, 0.29) is 0 Å². The molecule has 0 radical (unpaired) electrons. The Morgan fingerprint density at radius 2 is 1.21 bits per heavy atom. The maximum Gasteiger partial charge on any atom is 0.0215 e. The van der Waals surface area contributed by atoms with Crippen molar-refractivity contribution < 1.29 is 0 Å². The fourth-order valence-electron chi connectivity index (χ4n) is 3.38. The zero-order chi connectivity index (χ0) is 13.3. The lowest BCUT2D eigenvalue weighted by Crippen LogP contribution is -1.95. The molecule has 0 saturated carbocycles. The molecule has 0 unspecified atom stereocenters. The van der Waals surface area contributed by atoms with Gasteiger partial charge in [0.15, 0.2) is 0 Å². The third-order valence-electron chi connectivity index (χ3n) is 4.58. The third-order valence-corrected chi connectivity index (χ3v) is 5.00. The smallest absolute Gasteiger partial charge is 0.0215 e. The summed E-state index contributed by atoms with van der Waals surface area (Å²) in [7, 11) is 0. The number of allylic oxidation sites excluding steroid dienone is 4. The predicted octanol–water partition coefficient (Wildman–Crippen LogP) is 6.89. The highest BCUT2D eigenvalue weighted by molar-refractivity contribution is 6.30. The lowest BCUT2D eigenvalue weighted by atomic mass is 9.94. The molecular weight excluding hydrogens is 252 g/mol. The van der Waals surface area contributed by atoms with Gasteiger partial charge in [-0.25, -0.2) is 0 Å². The summed E-state index contributed by atoms with van der Waals surface area (Å²) in [4.78, 5) is 0. The zero-order valence-electron chi connectivity index (χ0n) is 12.4. The van der Waals surface area contributed by atoms with E-state index in [1.54, 1.807) is 5.57 Å². The van der Waals surface area contributed by atoms with Crippen LogP contribution in [0.1, 0.15) is 89.9 Å². The normalized spacial score (nSPS) is 30.9. The van der Waals surface area contributed by atoms with Crippen LogP contribution in [0.25, 0.3) is 0 Å². The van der Waals surface area contributed by atoms with Gasteiger partial charge in [0.2, 0.25) is 0 Å². The van der Waals surface area contributed by atoms with Crippen molar-refractivity contribution in [3.8, 4) is 0 Å². The van der Waals surface area contributed by atoms with Crippen molar-refractivity contribution in [1.82, 2.24) is 0 Å². The average Bonchev–Trinajstić information content (AvgIpc) is 2.60. The molecule has 2 rings (SSSR count). The number of hydrogen-bond donors (Lipinski definition) is 0. The van der Waals surface area contributed by atoms with E-state index in [4.69, 9.17) is 11.6 Å². The van der Waals surface area contributed by atoms with Crippen LogP contribution in [0.15, 0.2) is 22.3 Å². The lowest BCUT2D eigenvalue weighted by Gasteiger charge is -2.14. The Morgan fingerprint density at radius 3 is 2.00 bits per heavy atom. The largest absolute Gasteiger partial charge is 0.0888 e. The molecule has 0 saturated heterocycles. The van der Waals surface area contributed by atoms with Gasteiger partial charge in [-0.3, -0.25) is 0 Å². The fourth-order valence-corrected chi connectivity index (χ4v) is 3.73. The summed E-state index contributed by atoms with van der Waals surface area (Å²) in [6, 6.07) is 0. The van der Waals surface area contributed by atoms with Crippen molar-refractivity contribution in [2.45, 2.75) is 89.9 Å². The van der Waals surface area contributed by atoms with Gasteiger partial charge in [-0.1, -0.05) is 56.2 Å². The van der Waals surface area contributed by atoms with E-state index in [9.17, 15) is 0 Å². The minimum Gasteiger partial charge on any atom is -0.0888 e. The summed E-state index contributed by atoms with van der Waals surface area (Å²) < 4.78 is 0. The van der Waals surface area contributed by atoms with Crippen LogP contribution in [0, 0.1) is 0 Å².